The number of imidazole rings is 1. The number of halogens is 4. The van der Waals surface area contributed by atoms with Crippen molar-refractivity contribution in [3.8, 4) is 11.5 Å². The molecule has 0 aliphatic rings. The number of H-pyrrole nitrogens is 1. The molecule has 6 nitrogen and oxygen atoms in total. The maximum atomic E-state index is 13.8. The molecule has 30 heavy (non-hydrogen) atoms. The molecular formula is C19H13F4N5OS. The van der Waals surface area contributed by atoms with E-state index in [2.05, 4.69) is 19.9 Å². The highest BCUT2D eigenvalue weighted by Gasteiger charge is 2.17. The maximum absolute atomic E-state index is 13.8. The second-order valence-corrected chi connectivity index (χ2v) is 7.16. The molecule has 3 heterocycles. The summed E-state index contributed by atoms with van der Waals surface area (Å²) in [6, 6.07) is 2.16. The molecule has 0 amide bonds. The average molecular weight is 435 g/mol. The SMILES string of the molecule is CSc1cc(F)c(F)cc1Cc1nc(-c2ncc(F)c(=O)[nH]2)cn2c(CF)cnc12. The Bertz CT molecular complexity index is 1320. The van der Waals surface area contributed by atoms with Gasteiger partial charge in [0.1, 0.15) is 12.4 Å². The minimum atomic E-state index is -1.06. The van der Waals surface area contributed by atoms with Crippen LogP contribution in [0.5, 0.6) is 0 Å². The number of rotatable bonds is 5. The lowest BCUT2D eigenvalue weighted by atomic mass is 10.1. The molecule has 0 aliphatic heterocycles. The van der Waals surface area contributed by atoms with Gasteiger partial charge < -0.3 is 4.98 Å². The van der Waals surface area contributed by atoms with Crippen LogP contribution in [0.3, 0.4) is 0 Å². The molecule has 0 fully saturated rings. The topological polar surface area (TPSA) is 75.9 Å². The van der Waals surface area contributed by atoms with Gasteiger partial charge in [-0.25, -0.2) is 28.1 Å². The number of hydrogen-bond donors (Lipinski definition) is 1. The second-order valence-electron chi connectivity index (χ2n) is 6.31. The quantitative estimate of drug-likeness (QED) is 0.382. The highest BCUT2D eigenvalue weighted by Crippen LogP contribution is 2.27. The van der Waals surface area contributed by atoms with Gasteiger partial charge in [-0.1, -0.05) is 0 Å². The van der Waals surface area contributed by atoms with Gasteiger partial charge in [0.2, 0.25) is 5.82 Å². The van der Waals surface area contributed by atoms with Crippen LogP contribution in [0.2, 0.25) is 0 Å². The maximum Gasteiger partial charge on any atom is 0.287 e. The van der Waals surface area contributed by atoms with Gasteiger partial charge in [-0.15, -0.1) is 11.8 Å². The van der Waals surface area contributed by atoms with Crippen LogP contribution >= 0.6 is 11.8 Å². The minimum absolute atomic E-state index is 0.0292. The van der Waals surface area contributed by atoms with E-state index in [1.165, 1.54) is 28.6 Å². The Morgan fingerprint density at radius 2 is 1.87 bits per heavy atom. The fourth-order valence-corrected chi connectivity index (χ4v) is 3.63. The Balaban J connectivity index is 1.91. The predicted molar refractivity (Wildman–Crippen MR) is 103 cm³/mol. The number of thioether (sulfide) groups is 1. The number of nitrogens with one attached hydrogen (secondary N) is 1. The first kappa shape index (κ1) is 20.1. The molecule has 0 unspecified atom stereocenters. The number of aromatic nitrogens is 5. The van der Waals surface area contributed by atoms with E-state index >= 15 is 0 Å². The van der Waals surface area contributed by atoms with Gasteiger partial charge in [0.05, 0.1) is 23.8 Å². The van der Waals surface area contributed by atoms with Gasteiger partial charge in [0, 0.05) is 17.5 Å². The molecule has 0 bridgehead atoms. The molecule has 4 aromatic rings. The van der Waals surface area contributed by atoms with E-state index in [4.69, 9.17) is 0 Å². The Kier molecular flexibility index (Phi) is 5.29. The highest BCUT2D eigenvalue weighted by atomic mass is 32.2. The van der Waals surface area contributed by atoms with Crippen molar-refractivity contribution in [1.82, 2.24) is 24.3 Å². The van der Waals surface area contributed by atoms with Gasteiger partial charge in [0.25, 0.3) is 5.56 Å². The van der Waals surface area contributed by atoms with Crippen LogP contribution in [0.15, 0.2) is 40.4 Å². The van der Waals surface area contributed by atoms with Gasteiger partial charge in [0.15, 0.2) is 23.1 Å². The summed E-state index contributed by atoms with van der Waals surface area (Å²) in [4.78, 5) is 26.8. The molecule has 0 saturated carbocycles. The van der Waals surface area contributed by atoms with Crippen LogP contribution in [0, 0.1) is 17.5 Å². The van der Waals surface area contributed by atoms with Crippen LogP contribution < -0.4 is 5.56 Å². The largest absolute Gasteiger partial charge is 0.303 e. The molecule has 0 spiro atoms. The van der Waals surface area contributed by atoms with Crippen LogP contribution in [-0.2, 0) is 13.1 Å². The van der Waals surface area contributed by atoms with Crippen molar-refractivity contribution in [3.63, 3.8) is 0 Å². The van der Waals surface area contributed by atoms with E-state index < -0.39 is 29.7 Å². The van der Waals surface area contributed by atoms with Crippen LogP contribution in [-0.4, -0.2) is 30.6 Å². The van der Waals surface area contributed by atoms with E-state index in [9.17, 15) is 22.4 Å². The summed E-state index contributed by atoms with van der Waals surface area (Å²) in [5, 5.41) is 0. The summed E-state index contributed by atoms with van der Waals surface area (Å²) < 4.78 is 55.6. The van der Waals surface area contributed by atoms with Crippen molar-refractivity contribution in [2.45, 2.75) is 18.0 Å². The zero-order valence-electron chi connectivity index (χ0n) is 15.4. The molecule has 4 rings (SSSR count). The van der Waals surface area contributed by atoms with Crippen molar-refractivity contribution in [1.29, 1.82) is 0 Å². The third-order valence-corrected chi connectivity index (χ3v) is 5.27. The monoisotopic (exact) mass is 435 g/mol. The number of aromatic amines is 1. The Morgan fingerprint density at radius 3 is 2.57 bits per heavy atom. The fourth-order valence-electron chi connectivity index (χ4n) is 3.02. The third-order valence-electron chi connectivity index (χ3n) is 4.45. The third kappa shape index (κ3) is 3.56. The molecule has 0 aliphatic carbocycles. The number of hydrogen-bond acceptors (Lipinski definition) is 5. The number of fused-ring (bicyclic) bond motifs is 1. The Labute approximate surface area is 171 Å². The van der Waals surface area contributed by atoms with E-state index in [0.717, 1.165) is 18.3 Å². The summed E-state index contributed by atoms with van der Waals surface area (Å²) in [6.45, 7) is -0.821. The van der Waals surface area contributed by atoms with Crippen molar-refractivity contribution >= 4 is 17.4 Å². The first-order valence-corrected chi connectivity index (χ1v) is 9.82. The Morgan fingerprint density at radius 1 is 1.10 bits per heavy atom. The number of benzene rings is 1. The summed E-state index contributed by atoms with van der Waals surface area (Å²) in [5.41, 5.74) is 0.460. The molecule has 3 aromatic heterocycles. The number of nitrogens with zero attached hydrogens (tertiary/aromatic N) is 4. The zero-order chi connectivity index (χ0) is 21.4. The van der Waals surface area contributed by atoms with Gasteiger partial charge in [-0.3, -0.25) is 9.20 Å². The second kappa shape index (κ2) is 7.90. The molecule has 1 N–H and O–H groups in total. The van der Waals surface area contributed by atoms with E-state index in [0.29, 0.717) is 21.8 Å². The Hall–Kier alpha value is -3.21. The van der Waals surface area contributed by atoms with E-state index in [1.54, 1.807) is 6.26 Å². The molecule has 11 heteroatoms. The summed E-state index contributed by atoms with van der Waals surface area (Å²) in [6.07, 6.45) is 5.27. The average Bonchev–Trinajstić information content (AvgIpc) is 3.16. The van der Waals surface area contributed by atoms with Crippen molar-refractivity contribution in [2.75, 3.05) is 6.26 Å². The lowest BCUT2D eigenvalue weighted by molar-refractivity contribution is 0.473. The van der Waals surface area contributed by atoms with Crippen LogP contribution in [0.1, 0.15) is 17.0 Å². The normalized spacial score (nSPS) is 11.4. The molecule has 154 valence electrons. The first-order valence-electron chi connectivity index (χ1n) is 8.60. The van der Waals surface area contributed by atoms with Crippen molar-refractivity contribution in [3.05, 3.63) is 75.5 Å². The smallest absolute Gasteiger partial charge is 0.287 e. The molecule has 0 radical (unpaired) electrons. The fraction of sp³-hybridized carbons (Fsp3) is 0.158. The molecular weight excluding hydrogens is 422 g/mol. The number of alkyl halides is 1. The molecule has 1 aromatic carbocycles. The van der Waals surface area contributed by atoms with Gasteiger partial charge >= 0.3 is 0 Å². The summed E-state index contributed by atoms with van der Waals surface area (Å²) >= 11 is 1.23. The molecule has 0 atom stereocenters. The first-order chi connectivity index (χ1) is 14.4. The van der Waals surface area contributed by atoms with E-state index in [-0.39, 0.29) is 23.6 Å². The molecule has 0 saturated heterocycles. The van der Waals surface area contributed by atoms with Gasteiger partial charge in [-0.05, 0) is 24.0 Å². The highest BCUT2D eigenvalue weighted by molar-refractivity contribution is 7.98. The predicted octanol–water partition coefficient (Wildman–Crippen LogP) is 3.68. The summed E-state index contributed by atoms with van der Waals surface area (Å²) in [5.74, 6) is -3.06. The standard InChI is InChI=1S/C19H13F4N5OS/c1-30-16-4-12(22)11(21)2-9(16)3-14-18-25-6-10(5-20)28(18)8-15(26-14)17-24-7-13(23)19(29)27-17/h2,4,6-8H,3,5H2,1H3,(H,24,27,29). The van der Waals surface area contributed by atoms with Crippen LogP contribution in [0.4, 0.5) is 17.6 Å². The van der Waals surface area contributed by atoms with Gasteiger partial charge in [-0.2, -0.15) is 4.39 Å². The van der Waals surface area contributed by atoms with E-state index in [1.807, 2.05) is 0 Å². The van der Waals surface area contributed by atoms with Crippen molar-refractivity contribution in [2.24, 2.45) is 0 Å². The minimum Gasteiger partial charge on any atom is -0.303 e. The van der Waals surface area contributed by atoms with Crippen LogP contribution in [0.25, 0.3) is 17.2 Å². The summed E-state index contributed by atoms with van der Waals surface area (Å²) in [7, 11) is 0. The zero-order valence-corrected chi connectivity index (χ0v) is 16.2. The lowest BCUT2D eigenvalue weighted by Gasteiger charge is -2.11. The van der Waals surface area contributed by atoms with Crippen molar-refractivity contribution < 1.29 is 17.6 Å². The lowest BCUT2D eigenvalue weighted by Crippen LogP contribution is -2.13.